The summed E-state index contributed by atoms with van der Waals surface area (Å²) in [5, 5.41) is 0. The largest absolute Gasteiger partial charge is 0.338 e. The third-order valence-electron chi connectivity index (χ3n) is 3.82. The van der Waals surface area contributed by atoms with E-state index in [9.17, 15) is 4.79 Å². The Hall–Kier alpha value is -0.570. The van der Waals surface area contributed by atoms with Crippen molar-refractivity contribution in [3.8, 4) is 0 Å². The molecular formula is C13H26N2O. The lowest BCUT2D eigenvalue weighted by Gasteiger charge is -2.32. The van der Waals surface area contributed by atoms with Crippen LogP contribution in [-0.4, -0.2) is 29.9 Å². The van der Waals surface area contributed by atoms with Crippen molar-refractivity contribution < 1.29 is 4.79 Å². The van der Waals surface area contributed by atoms with E-state index in [0.29, 0.717) is 18.4 Å². The van der Waals surface area contributed by atoms with Crippen molar-refractivity contribution in [1.82, 2.24) is 4.90 Å². The predicted octanol–water partition coefficient (Wildman–Crippen LogP) is 2.01. The van der Waals surface area contributed by atoms with Crippen LogP contribution in [0, 0.1) is 11.8 Å². The monoisotopic (exact) mass is 226 g/mol. The quantitative estimate of drug-likeness (QED) is 0.800. The minimum absolute atomic E-state index is 0.118. The molecule has 1 saturated heterocycles. The molecule has 3 heteroatoms. The summed E-state index contributed by atoms with van der Waals surface area (Å²) in [4.78, 5) is 14.4. The topological polar surface area (TPSA) is 46.3 Å². The molecule has 0 saturated carbocycles. The van der Waals surface area contributed by atoms with Gasteiger partial charge in [0, 0.05) is 25.0 Å². The second kappa shape index (κ2) is 6.24. The number of likely N-dealkylation sites (tertiary alicyclic amines) is 1. The van der Waals surface area contributed by atoms with Crippen LogP contribution in [-0.2, 0) is 4.79 Å². The van der Waals surface area contributed by atoms with Gasteiger partial charge in [-0.2, -0.15) is 0 Å². The van der Waals surface area contributed by atoms with E-state index < -0.39 is 0 Å². The number of hydrogen-bond acceptors (Lipinski definition) is 2. The highest BCUT2D eigenvalue weighted by atomic mass is 16.2. The molecule has 1 rings (SSSR count). The van der Waals surface area contributed by atoms with Gasteiger partial charge in [-0.3, -0.25) is 4.79 Å². The normalized spacial score (nSPS) is 24.3. The number of hydrogen-bond donors (Lipinski definition) is 1. The summed E-state index contributed by atoms with van der Waals surface area (Å²) in [7, 11) is 0. The smallest absolute Gasteiger partial charge is 0.225 e. The molecule has 1 aliphatic heterocycles. The predicted molar refractivity (Wildman–Crippen MR) is 67.0 cm³/mol. The Balaban J connectivity index is 2.69. The van der Waals surface area contributed by atoms with Gasteiger partial charge in [-0.15, -0.1) is 0 Å². The fourth-order valence-corrected chi connectivity index (χ4v) is 2.26. The maximum absolute atomic E-state index is 12.3. The summed E-state index contributed by atoms with van der Waals surface area (Å²) in [6.45, 7) is 7.76. The Morgan fingerprint density at radius 1 is 1.31 bits per heavy atom. The molecule has 0 aliphatic carbocycles. The molecule has 0 aromatic rings. The molecule has 0 aromatic carbocycles. The molecule has 1 aliphatic rings. The number of nitrogens with zero attached hydrogens (tertiary/aromatic N) is 1. The maximum atomic E-state index is 12.3. The van der Waals surface area contributed by atoms with Crippen LogP contribution in [0.1, 0.15) is 46.5 Å². The number of carbonyl (C=O) groups is 1. The molecule has 94 valence electrons. The van der Waals surface area contributed by atoms with Gasteiger partial charge in [0.1, 0.15) is 0 Å². The molecular weight excluding hydrogens is 200 g/mol. The van der Waals surface area contributed by atoms with E-state index in [1.54, 1.807) is 0 Å². The van der Waals surface area contributed by atoms with E-state index in [2.05, 4.69) is 13.8 Å². The van der Waals surface area contributed by atoms with Crippen molar-refractivity contribution in [2.24, 2.45) is 17.6 Å². The van der Waals surface area contributed by atoms with Crippen LogP contribution in [0.5, 0.6) is 0 Å². The van der Waals surface area contributed by atoms with Crippen molar-refractivity contribution in [2.45, 2.75) is 52.5 Å². The lowest BCUT2D eigenvalue weighted by Crippen LogP contribution is -2.47. The number of rotatable bonds is 3. The average Bonchev–Trinajstić information content (AvgIpc) is 2.51. The van der Waals surface area contributed by atoms with E-state index in [1.165, 1.54) is 12.8 Å². The number of nitrogens with two attached hydrogens (primary N) is 1. The third-order valence-corrected chi connectivity index (χ3v) is 3.82. The van der Waals surface area contributed by atoms with E-state index in [1.807, 2.05) is 11.8 Å². The fourth-order valence-electron chi connectivity index (χ4n) is 2.26. The van der Waals surface area contributed by atoms with Crippen molar-refractivity contribution in [3.63, 3.8) is 0 Å². The highest BCUT2D eigenvalue weighted by Gasteiger charge is 2.28. The lowest BCUT2D eigenvalue weighted by molar-refractivity contribution is -0.138. The Morgan fingerprint density at radius 3 is 2.56 bits per heavy atom. The van der Waals surface area contributed by atoms with Crippen LogP contribution in [0.25, 0.3) is 0 Å². The Bertz CT molecular complexity index is 228. The zero-order valence-electron chi connectivity index (χ0n) is 10.9. The summed E-state index contributed by atoms with van der Waals surface area (Å²) in [5.74, 6) is 0.827. The zero-order valence-corrected chi connectivity index (χ0v) is 10.9. The molecule has 2 N–H and O–H groups in total. The standard InChI is InChI=1S/C13H26N2O/c1-10(2)11(3)13(16)15-8-6-4-5-7-12(15)9-14/h10-12H,4-9,14H2,1-3H3. The molecule has 0 bridgehead atoms. The molecule has 1 heterocycles. The summed E-state index contributed by atoms with van der Waals surface area (Å²) in [6.07, 6.45) is 4.65. The van der Waals surface area contributed by atoms with Crippen LogP contribution >= 0.6 is 0 Å². The van der Waals surface area contributed by atoms with Gasteiger partial charge < -0.3 is 10.6 Å². The maximum Gasteiger partial charge on any atom is 0.225 e. The van der Waals surface area contributed by atoms with E-state index in [-0.39, 0.29) is 12.0 Å². The van der Waals surface area contributed by atoms with Crippen LogP contribution in [0.15, 0.2) is 0 Å². The van der Waals surface area contributed by atoms with Crippen molar-refractivity contribution in [1.29, 1.82) is 0 Å². The van der Waals surface area contributed by atoms with Crippen molar-refractivity contribution >= 4 is 5.91 Å². The van der Waals surface area contributed by atoms with Crippen LogP contribution in [0.3, 0.4) is 0 Å². The Labute approximate surface area is 99.4 Å². The molecule has 2 atom stereocenters. The SMILES string of the molecule is CC(C)C(C)C(=O)N1CCCCCC1CN. The molecule has 0 spiro atoms. The minimum atomic E-state index is 0.118. The Morgan fingerprint density at radius 2 is 2.00 bits per heavy atom. The molecule has 16 heavy (non-hydrogen) atoms. The highest BCUT2D eigenvalue weighted by molar-refractivity contribution is 5.79. The molecule has 0 radical (unpaired) electrons. The third kappa shape index (κ3) is 3.21. The first-order valence-corrected chi connectivity index (χ1v) is 6.58. The van der Waals surface area contributed by atoms with Crippen molar-refractivity contribution in [3.05, 3.63) is 0 Å². The van der Waals surface area contributed by atoms with Gasteiger partial charge in [-0.25, -0.2) is 0 Å². The lowest BCUT2D eigenvalue weighted by atomic mass is 9.95. The van der Waals surface area contributed by atoms with Gasteiger partial charge in [-0.1, -0.05) is 33.6 Å². The first-order valence-electron chi connectivity index (χ1n) is 6.58. The zero-order chi connectivity index (χ0) is 12.1. The summed E-state index contributed by atoms with van der Waals surface area (Å²) >= 11 is 0. The van der Waals surface area contributed by atoms with Gasteiger partial charge in [-0.05, 0) is 18.8 Å². The van der Waals surface area contributed by atoms with Crippen LogP contribution in [0.2, 0.25) is 0 Å². The molecule has 0 aromatic heterocycles. The van der Waals surface area contributed by atoms with E-state index >= 15 is 0 Å². The van der Waals surface area contributed by atoms with Crippen LogP contribution in [0.4, 0.5) is 0 Å². The molecule has 2 unspecified atom stereocenters. The van der Waals surface area contributed by atoms with Gasteiger partial charge in [0.05, 0.1) is 0 Å². The van der Waals surface area contributed by atoms with E-state index in [4.69, 9.17) is 5.73 Å². The first-order chi connectivity index (χ1) is 7.57. The van der Waals surface area contributed by atoms with Crippen LogP contribution < -0.4 is 5.73 Å². The van der Waals surface area contributed by atoms with Gasteiger partial charge in [0.2, 0.25) is 5.91 Å². The number of carbonyl (C=O) groups excluding carboxylic acids is 1. The average molecular weight is 226 g/mol. The van der Waals surface area contributed by atoms with E-state index in [0.717, 1.165) is 19.4 Å². The van der Waals surface area contributed by atoms with Gasteiger partial charge in [0.25, 0.3) is 0 Å². The van der Waals surface area contributed by atoms with Crippen molar-refractivity contribution in [2.75, 3.05) is 13.1 Å². The summed E-state index contributed by atoms with van der Waals surface area (Å²) < 4.78 is 0. The first kappa shape index (κ1) is 13.5. The second-order valence-electron chi connectivity index (χ2n) is 5.30. The Kier molecular flexibility index (Phi) is 5.26. The second-order valence-corrected chi connectivity index (χ2v) is 5.30. The minimum Gasteiger partial charge on any atom is -0.338 e. The molecule has 1 fully saturated rings. The van der Waals surface area contributed by atoms with Gasteiger partial charge in [0.15, 0.2) is 0 Å². The summed E-state index contributed by atoms with van der Waals surface area (Å²) in [5.41, 5.74) is 5.78. The summed E-state index contributed by atoms with van der Waals surface area (Å²) in [6, 6.07) is 0.274. The molecule has 3 nitrogen and oxygen atoms in total. The molecule has 1 amide bonds. The fraction of sp³-hybridized carbons (Fsp3) is 0.923. The highest BCUT2D eigenvalue weighted by Crippen LogP contribution is 2.21. The number of amides is 1. The van der Waals surface area contributed by atoms with Gasteiger partial charge >= 0.3 is 0 Å².